The van der Waals surface area contributed by atoms with Gasteiger partial charge >= 0.3 is 0 Å². The number of nitro benzene ring substituents is 2. The summed E-state index contributed by atoms with van der Waals surface area (Å²) in [6.45, 7) is 0. The fourth-order valence-corrected chi connectivity index (χ4v) is 6.48. The first kappa shape index (κ1) is 23.8. The van der Waals surface area contributed by atoms with Crippen molar-refractivity contribution < 1.29 is 19.4 Å². The topological polar surface area (TPSA) is 120 Å². The summed E-state index contributed by atoms with van der Waals surface area (Å²) >= 11 is 0. The lowest BCUT2D eigenvalue weighted by Gasteiger charge is -2.23. The zero-order valence-corrected chi connectivity index (χ0v) is 21.6. The number of nitro groups is 2. The monoisotopic (exact) mass is 548 g/mol. The number of fused-ring (bicyclic) bond motifs is 4. The van der Waals surface area contributed by atoms with E-state index in [1.165, 1.54) is 24.3 Å². The van der Waals surface area contributed by atoms with E-state index in [9.17, 15) is 29.8 Å². The van der Waals surface area contributed by atoms with Gasteiger partial charge in [-0.2, -0.15) is 0 Å². The van der Waals surface area contributed by atoms with Gasteiger partial charge in [0.05, 0.1) is 9.85 Å². The van der Waals surface area contributed by atoms with Gasteiger partial charge in [-0.15, -0.1) is 0 Å². The van der Waals surface area contributed by atoms with Crippen LogP contribution in [0.3, 0.4) is 0 Å². The minimum absolute atomic E-state index is 0.0175. The van der Waals surface area contributed by atoms with Crippen molar-refractivity contribution in [1.29, 1.82) is 0 Å². The first-order valence-corrected chi connectivity index (χ1v) is 13.1. The van der Waals surface area contributed by atoms with Gasteiger partial charge < -0.3 is 0 Å². The van der Waals surface area contributed by atoms with Crippen LogP contribution in [-0.2, 0) is 0 Å². The van der Waals surface area contributed by atoms with Gasteiger partial charge in [-0.25, -0.2) is 0 Å². The van der Waals surface area contributed by atoms with E-state index >= 15 is 0 Å². The van der Waals surface area contributed by atoms with E-state index in [0.717, 1.165) is 33.0 Å². The maximum absolute atomic E-state index is 13.6. The predicted octanol–water partition coefficient (Wildman–Crippen LogP) is 7.90. The van der Waals surface area contributed by atoms with Gasteiger partial charge in [-0.05, 0) is 80.6 Å². The lowest BCUT2D eigenvalue weighted by Crippen LogP contribution is -2.13. The van der Waals surface area contributed by atoms with E-state index in [-0.39, 0.29) is 28.3 Å². The van der Waals surface area contributed by atoms with E-state index in [1.807, 2.05) is 66.7 Å². The fourth-order valence-electron chi connectivity index (χ4n) is 6.48. The van der Waals surface area contributed by atoms with Gasteiger partial charge in [0.2, 0.25) is 5.78 Å². The van der Waals surface area contributed by atoms with Crippen LogP contribution < -0.4 is 0 Å². The highest BCUT2D eigenvalue weighted by Gasteiger charge is 2.34. The molecule has 8 heteroatoms. The molecule has 2 aliphatic carbocycles. The Kier molecular flexibility index (Phi) is 4.68. The lowest BCUT2D eigenvalue weighted by molar-refractivity contribution is -0.385. The number of hydrogen-bond acceptors (Lipinski definition) is 6. The maximum Gasteiger partial charge on any atom is 0.281 e. The molecule has 0 heterocycles. The van der Waals surface area contributed by atoms with Crippen molar-refractivity contribution in [3.05, 3.63) is 140 Å². The van der Waals surface area contributed by atoms with E-state index in [2.05, 4.69) is 0 Å². The Morgan fingerprint density at radius 2 is 1.12 bits per heavy atom. The lowest BCUT2D eigenvalue weighted by atomic mass is 9.79. The van der Waals surface area contributed by atoms with Crippen LogP contribution in [0.2, 0.25) is 0 Å². The second kappa shape index (κ2) is 8.25. The van der Waals surface area contributed by atoms with Crippen LogP contribution >= 0.6 is 0 Å². The molecule has 0 unspecified atom stereocenters. The van der Waals surface area contributed by atoms with Crippen molar-refractivity contribution in [2.45, 2.75) is 0 Å². The molecule has 6 aromatic rings. The third-order valence-electron chi connectivity index (χ3n) is 8.28. The van der Waals surface area contributed by atoms with Gasteiger partial charge in [0.25, 0.3) is 11.4 Å². The van der Waals surface area contributed by atoms with Crippen molar-refractivity contribution in [2.24, 2.45) is 0 Å². The Bertz CT molecular complexity index is 2300. The molecule has 0 amide bonds. The zero-order valence-electron chi connectivity index (χ0n) is 21.6. The minimum atomic E-state index is -0.616. The normalized spacial score (nSPS) is 12.8. The summed E-state index contributed by atoms with van der Waals surface area (Å²) in [5.74, 6) is -0.633. The van der Waals surface area contributed by atoms with Crippen LogP contribution in [0.15, 0.2) is 97.1 Å². The first-order valence-electron chi connectivity index (χ1n) is 13.1. The maximum atomic E-state index is 13.6. The summed E-state index contributed by atoms with van der Waals surface area (Å²) in [5.41, 5.74) is 5.14. The van der Waals surface area contributed by atoms with Crippen LogP contribution in [0.1, 0.15) is 31.8 Å². The molecule has 8 nitrogen and oxygen atoms in total. The van der Waals surface area contributed by atoms with Crippen LogP contribution in [0.5, 0.6) is 0 Å². The van der Waals surface area contributed by atoms with Crippen molar-refractivity contribution in [2.75, 3.05) is 0 Å². The highest BCUT2D eigenvalue weighted by atomic mass is 16.6. The van der Waals surface area contributed by atoms with Gasteiger partial charge in [-0.1, -0.05) is 42.5 Å². The summed E-state index contributed by atoms with van der Waals surface area (Å²) in [6, 6.07) is 28.0. The van der Waals surface area contributed by atoms with Crippen molar-refractivity contribution in [1.82, 2.24) is 0 Å². The summed E-state index contributed by atoms with van der Waals surface area (Å²) in [6.07, 6.45) is 0. The predicted molar refractivity (Wildman–Crippen MR) is 158 cm³/mol. The van der Waals surface area contributed by atoms with Crippen LogP contribution in [0, 0.1) is 20.2 Å². The molecule has 0 bridgehead atoms. The zero-order chi connectivity index (χ0) is 28.9. The number of nitrogens with zero attached hydrogens (tertiary/aromatic N) is 2. The van der Waals surface area contributed by atoms with Crippen LogP contribution in [-0.4, -0.2) is 21.4 Å². The Balaban J connectivity index is 1.45. The highest BCUT2D eigenvalue weighted by molar-refractivity contribution is 6.29. The Morgan fingerprint density at radius 3 is 1.83 bits per heavy atom. The van der Waals surface area contributed by atoms with Gasteiger partial charge in [-0.3, -0.25) is 29.8 Å². The molecular formula is C34H16N2O6. The second-order valence-electron chi connectivity index (χ2n) is 10.5. The molecule has 198 valence electrons. The van der Waals surface area contributed by atoms with Gasteiger partial charge in [0.1, 0.15) is 5.56 Å². The molecule has 0 aliphatic heterocycles. The number of benzene rings is 6. The highest BCUT2D eigenvalue weighted by Crippen LogP contribution is 2.47. The van der Waals surface area contributed by atoms with Crippen LogP contribution in [0.25, 0.3) is 54.9 Å². The molecule has 0 aromatic heterocycles. The van der Waals surface area contributed by atoms with Gasteiger partial charge in [0.15, 0.2) is 5.78 Å². The Hall–Kier alpha value is -6.02. The Labute approximate surface area is 236 Å². The smallest absolute Gasteiger partial charge is 0.281 e. The molecule has 6 aromatic carbocycles. The fraction of sp³-hybridized carbons (Fsp3) is 0. The summed E-state index contributed by atoms with van der Waals surface area (Å²) in [5, 5.41) is 26.3. The first-order chi connectivity index (χ1) is 20.3. The average Bonchev–Trinajstić information content (AvgIpc) is 3.01. The number of rotatable bonds is 3. The number of carbonyl (C=O) groups excluding carboxylic acids is 2. The van der Waals surface area contributed by atoms with Crippen molar-refractivity contribution in [3.8, 4) is 33.4 Å². The summed E-state index contributed by atoms with van der Waals surface area (Å²) in [7, 11) is 0. The summed E-state index contributed by atoms with van der Waals surface area (Å²) in [4.78, 5) is 49.2. The third kappa shape index (κ3) is 3.11. The van der Waals surface area contributed by atoms with Crippen LogP contribution in [0.4, 0.5) is 11.4 Å². The SMILES string of the molecule is O=C1c2ccccc2-c2cc(-c3cc4c5c(c([N+](=O)[O-])ccc5c3)C(=O)c3cc([N+](=O)[O-])ccc3-4)cc3cccc1c23. The molecule has 0 atom stereocenters. The molecule has 0 spiro atoms. The quantitative estimate of drug-likeness (QED) is 0.163. The molecule has 0 radical (unpaired) electrons. The molecular weight excluding hydrogens is 532 g/mol. The molecule has 0 N–H and O–H groups in total. The molecule has 0 saturated heterocycles. The third-order valence-corrected chi connectivity index (χ3v) is 8.28. The molecule has 2 aliphatic rings. The molecule has 0 saturated carbocycles. The largest absolute Gasteiger partial charge is 0.289 e. The van der Waals surface area contributed by atoms with Crippen molar-refractivity contribution in [3.63, 3.8) is 0 Å². The minimum Gasteiger partial charge on any atom is -0.289 e. The van der Waals surface area contributed by atoms with E-state index in [0.29, 0.717) is 33.0 Å². The average molecular weight is 549 g/mol. The number of hydrogen-bond donors (Lipinski definition) is 0. The number of non-ortho nitro benzene ring substituents is 1. The Morgan fingerprint density at radius 1 is 0.476 bits per heavy atom. The summed E-state index contributed by atoms with van der Waals surface area (Å²) < 4.78 is 0. The second-order valence-corrected chi connectivity index (χ2v) is 10.5. The molecule has 42 heavy (non-hydrogen) atoms. The van der Waals surface area contributed by atoms with Crippen molar-refractivity contribution >= 4 is 44.5 Å². The van der Waals surface area contributed by atoms with E-state index in [4.69, 9.17) is 0 Å². The number of carbonyl (C=O) groups is 2. The molecule has 8 rings (SSSR count). The van der Waals surface area contributed by atoms with Gasteiger partial charge in [0, 0.05) is 45.7 Å². The number of ketones is 2. The van der Waals surface area contributed by atoms with E-state index < -0.39 is 15.6 Å². The van der Waals surface area contributed by atoms with E-state index in [1.54, 1.807) is 6.07 Å². The molecule has 0 fully saturated rings. The standard InChI is InChI=1S/C34H16N2O6/c37-33-24-6-2-1-5-22(24)26-14-19(12-17-4-3-7-25(33)30(17)26)20-13-18-8-11-29(36(41)42)32-31(18)27(15-20)23-10-9-21(35(39)40)16-28(23)34(32)38/h1-16H.